The second-order valence-electron chi connectivity index (χ2n) is 4.53. The summed E-state index contributed by atoms with van der Waals surface area (Å²) >= 11 is 5.88. The molecular weight excluding hydrogens is 266 g/mol. The summed E-state index contributed by atoms with van der Waals surface area (Å²) in [5.41, 5.74) is 0.435. The topological polar surface area (TPSA) is 58.6 Å². The van der Waals surface area contributed by atoms with Crippen LogP contribution in [0, 0.1) is 5.92 Å². The summed E-state index contributed by atoms with van der Waals surface area (Å²) in [6, 6.07) is 4.94. The molecule has 1 amide bonds. The number of aliphatic hydroxyl groups is 1. The molecule has 0 aliphatic heterocycles. The Morgan fingerprint density at radius 2 is 2.26 bits per heavy atom. The van der Waals surface area contributed by atoms with Crippen LogP contribution in [0.1, 0.15) is 30.1 Å². The predicted molar refractivity (Wildman–Crippen MR) is 75.8 cm³/mol. The van der Waals surface area contributed by atoms with Crippen molar-refractivity contribution in [2.75, 3.05) is 20.3 Å². The van der Waals surface area contributed by atoms with E-state index >= 15 is 0 Å². The third-order valence-corrected chi connectivity index (χ3v) is 3.11. The molecule has 1 unspecified atom stereocenters. The zero-order chi connectivity index (χ0) is 14.3. The van der Waals surface area contributed by atoms with Crippen molar-refractivity contribution in [3.05, 3.63) is 28.8 Å². The number of methoxy groups -OCH3 is 1. The SMILES string of the molecule is COc1ccc(Cl)cc1C(=O)NCCCC(C)CO. The van der Waals surface area contributed by atoms with Gasteiger partial charge in [0.15, 0.2) is 0 Å². The van der Waals surface area contributed by atoms with E-state index in [1.165, 1.54) is 7.11 Å². The van der Waals surface area contributed by atoms with E-state index in [0.717, 1.165) is 12.8 Å². The second-order valence-corrected chi connectivity index (χ2v) is 4.97. The van der Waals surface area contributed by atoms with Gasteiger partial charge in [-0.2, -0.15) is 0 Å². The lowest BCUT2D eigenvalue weighted by molar-refractivity contribution is 0.0949. The average Bonchev–Trinajstić information content (AvgIpc) is 2.42. The van der Waals surface area contributed by atoms with Gasteiger partial charge < -0.3 is 15.2 Å². The maximum atomic E-state index is 12.0. The van der Waals surface area contributed by atoms with Crippen LogP contribution in [0.2, 0.25) is 5.02 Å². The lowest BCUT2D eigenvalue weighted by atomic mass is 10.1. The molecule has 0 aromatic heterocycles. The van der Waals surface area contributed by atoms with Gasteiger partial charge in [0, 0.05) is 18.2 Å². The molecule has 0 saturated carbocycles. The van der Waals surface area contributed by atoms with Crippen LogP contribution >= 0.6 is 11.6 Å². The Morgan fingerprint density at radius 3 is 2.89 bits per heavy atom. The van der Waals surface area contributed by atoms with Crippen molar-refractivity contribution in [2.45, 2.75) is 19.8 Å². The van der Waals surface area contributed by atoms with Crippen LogP contribution in [0.4, 0.5) is 0 Å². The highest BCUT2D eigenvalue weighted by molar-refractivity contribution is 6.31. The van der Waals surface area contributed by atoms with E-state index in [4.69, 9.17) is 21.4 Å². The van der Waals surface area contributed by atoms with Gasteiger partial charge in [-0.3, -0.25) is 4.79 Å². The van der Waals surface area contributed by atoms with E-state index in [0.29, 0.717) is 22.9 Å². The molecule has 0 radical (unpaired) electrons. The molecular formula is C14H20ClNO3. The number of carbonyl (C=O) groups is 1. The smallest absolute Gasteiger partial charge is 0.255 e. The Hall–Kier alpha value is -1.26. The highest BCUT2D eigenvalue weighted by atomic mass is 35.5. The fourth-order valence-corrected chi connectivity index (χ4v) is 1.87. The lowest BCUT2D eigenvalue weighted by Gasteiger charge is -2.11. The van der Waals surface area contributed by atoms with Crippen molar-refractivity contribution in [1.82, 2.24) is 5.32 Å². The monoisotopic (exact) mass is 285 g/mol. The summed E-state index contributed by atoms with van der Waals surface area (Å²) in [6.45, 7) is 2.72. The van der Waals surface area contributed by atoms with Gasteiger partial charge in [0.05, 0.1) is 12.7 Å². The molecule has 0 bridgehead atoms. The zero-order valence-electron chi connectivity index (χ0n) is 11.3. The van der Waals surface area contributed by atoms with Crippen molar-refractivity contribution in [3.63, 3.8) is 0 Å². The predicted octanol–water partition coefficient (Wildman–Crippen LogP) is 2.49. The fourth-order valence-electron chi connectivity index (χ4n) is 1.70. The van der Waals surface area contributed by atoms with Crippen molar-refractivity contribution in [3.8, 4) is 5.75 Å². The van der Waals surface area contributed by atoms with Crippen LogP contribution in [-0.4, -0.2) is 31.3 Å². The number of benzene rings is 1. The van der Waals surface area contributed by atoms with E-state index in [1.54, 1.807) is 18.2 Å². The van der Waals surface area contributed by atoms with Gasteiger partial charge in [-0.25, -0.2) is 0 Å². The van der Waals surface area contributed by atoms with Crippen LogP contribution < -0.4 is 10.1 Å². The van der Waals surface area contributed by atoms with Crippen LogP contribution in [0.3, 0.4) is 0 Å². The molecule has 106 valence electrons. The molecule has 0 fully saturated rings. The van der Waals surface area contributed by atoms with Crippen molar-refractivity contribution >= 4 is 17.5 Å². The molecule has 0 aliphatic carbocycles. The fraction of sp³-hybridized carbons (Fsp3) is 0.500. The van der Waals surface area contributed by atoms with Crippen molar-refractivity contribution < 1.29 is 14.6 Å². The minimum absolute atomic E-state index is 0.177. The van der Waals surface area contributed by atoms with Crippen molar-refractivity contribution in [2.24, 2.45) is 5.92 Å². The zero-order valence-corrected chi connectivity index (χ0v) is 12.0. The Bertz CT molecular complexity index is 423. The van der Waals surface area contributed by atoms with Gasteiger partial charge in [0.2, 0.25) is 0 Å². The standard InChI is InChI=1S/C14H20ClNO3/c1-10(9-17)4-3-7-16-14(18)12-8-11(15)5-6-13(12)19-2/h5-6,8,10,17H,3-4,7,9H2,1-2H3,(H,16,18). The molecule has 0 heterocycles. The minimum atomic E-state index is -0.198. The van der Waals surface area contributed by atoms with Gasteiger partial charge >= 0.3 is 0 Å². The number of amides is 1. The summed E-state index contributed by atoms with van der Waals surface area (Å²) in [7, 11) is 1.52. The quantitative estimate of drug-likeness (QED) is 0.757. The maximum Gasteiger partial charge on any atom is 0.255 e. The van der Waals surface area contributed by atoms with Crippen LogP contribution in [0.5, 0.6) is 5.75 Å². The summed E-state index contributed by atoms with van der Waals surface area (Å²) in [5, 5.41) is 12.2. The average molecular weight is 286 g/mol. The molecule has 5 heteroatoms. The molecule has 0 aliphatic rings. The molecule has 1 atom stereocenters. The highest BCUT2D eigenvalue weighted by Gasteiger charge is 2.12. The van der Waals surface area contributed by atoms with Gasteiger partial charge in [0.25, 0.3) is 5.91 Å². The molecule has 1 aromatic rings. The first-order valence-electron chi connectivity index (χ1n) is 6.31. The number of hydrogen-bond donors (Lipinski definition) is 2. The molecule has 0 spiro atoms. The maximum absolute atomic E-state index is 12.0. The number of rotatable bonds is 7. The molecule has 1 aromatic carbocycles. The van der Waals surface area contributed by atoms with E-state index in [9.17, 15) is 4.79 Å². The van der Waals surface area contributed by atoms with Gasteiger partial charge in [-0.1, -0.05) is 18.5 Å². The van der Waals surface area contributed by atoms with Gasteiger partial charge in [-0.05, 0) is 37.0 Å². The number of nitrogens with one attached hydrogen (secondary N) is 1. The van der Waals surface area contributed by atoms with Crippen LogP contribution in [0.25, 0.3) is 0 Å². The second kappa shape index (κ2) is 8.02. The van der Waals surface area contributed by atoms with E-state index in [-0.39, 0.29) is 18.4 Å². The Kier molecular flexibility index (Phi) is 6.67. The molecule has 0 saturated heterocycles. The Morgan fingerprint density at radius 1 is 1.53 bits per heavy atom. The Balaban J connectivity index is 2.51. The third kappa shape index (κ3) is 5.09. The minimum Gasteiger partial charge on any atom is -0.496 e. The number of halogens is 1. The van der Waals surface area contributed by atoms with E-state index in [2.05, 4.69) is 5.32 Å². The Labute approximate surface area is 118 Å². The van der Waals surface area contributed by atoms with Crippen LogP contribution in [-0.2, 0) is 0 Å². The number of carbonyl (C=O) groups excluding carboxylic acids is 1. The first-order valence-corrected chi connectivity index (χ1v) is 6.69. The first-order chi connectivity index (χ1) is 9.08. The molecule has 19 heavy (non-hydrogen) atoms. The van der Waals surface area contributed by atoms with Gasteiger partial charge in [0.1, 0.15) is 5.75 Å². The normalized spacial score (nSPS) is 12.0. The molecule has 4 nitrogen and oxygen atoms in total. The lowest BCUT2D eigenvalue weighted by Crippen LogP contribution is -2.25. The summed E-state index contributed by atoms with van der Waals surface area (Å²) in [5.74, 6) is 0.569. The largest absolute Gasteiger partial charge is 0.496 e. The molecule has 2 N–H and O–H groups in total. The third-order valence-electron chi connectivity index (χ3n) is 2.88. The summed E-state index contributed by atoms with van der Waals surface area (Å²) in [6.07, 6.45) is 1.71. The first kappa shape index (κ1) is 15.8. The number of ether oxygens (including phenoxy) is 1. The molecule has 1 rings (SSSR count). The van der Waals surface area contributed by atoms with Crippen LogP contribution in [0.15, 0.2) is 18.2 Å². The number of aliphatic hydroxyl groups excluding tert-OH is 1. The van der Waals surface area contributed by atoms with Crippen molar-refractivity contribution in [1.29, 1.82) is 0 Å². The summed E-state index contributed by atoms with van der Waals surface area (Å²) in [4.78, 5) is 12.0. The van der Waals surface area contributed by atoms with Gasteiger partial charge in [-0.15, -0.1) is 0 Å². The van der Waals surface area contributed by atoms with E-state index < -0.39 is 0 Å². The van der Waals surface area contributed by atoms with E-state index in [1.807, 2.05) is 6.92 Å². The summed E-state index contributed by atoms with van der Waals surface area (Å²) < 4.78 is 5.13. The number of hydrogen-bond acceptors (Lipinski definition) is 3. The highest BCUT2D eigenvalue weighted by Crippen LogP contribution is 2.22.